The maximum Gasteiger partial charge on any atom is 0.240 e. The van der Waals surface area contributed by atoms with Crippen molar-refractivity contribution in [2.24, 2.45) is 0 Å². The molecule has 1 atom stereocenters. The molecule has 4 rings (SSSR count). The van der Waals surface area contributed by atoms with Gasteiger partial charge in [-0.25, -0.2) is 0 Å². The molecule has 0 aliphatic rings. The average molecular weight is 384 g/mol. The monoisotopic (exact) mass is 384 g/mol. The van der Waals surface area contributed by atoms with Crippen molar-refractivity contribution in [3.05, 3.63) is 52.7 Å². The van der Waals surface area contributed by atoms with Gasteiger partial charge >= 0.3 is 0 Å². The van der Waals surface area contributed by atoms with Crippen LogP contribution in [-0.2, 0) is 0 Å². The lowest BCUT2D eigenvalue weighted by molar-refractivity contribution is 0.380. The minimum absolute atomic E-state index is 0.0771. The molecule has 7 nitrogen and oxygen atoms in total. The summed E-state index contributed by atoms with van der Waals surface area (Å²) in [6.07, 6.45) is 0. The lowest BCUT2D eigenvalue weighted by atomic mass is 10.1. The zero-order valence-electron chi connectivity index (χ0n) is 14.4. The summed E-state index contributed by atoms with van der Waals surface area (Å²) in [5, 5.41) is 18.8. The van der Waals surface area contributed by atoms with Crippen LogP contribution in [0.1, 0.15) is 29.2 Å². The number of tetrazole rings is 1. The average Bonchev–Trinajstić information content (AvgIpc) is 3.36. The first kappa shape index (κ1) is 16.9. The van der Waals surface area contributed by atoms with Crippen LogP contribution in [0.2, 0.25) is 0 Å². The van der Waals surface area contributed by atoms with E-state index >= 15 is 0 Å². The van der Waals surface area contributed by atoms with E-state index < -0.39 is 0 Å². The summed E-state index contributed by atoms with van der Waals surface area (Å²) in [4.78, 5) is 5.48. The van der Waals surface area contributed by atoms with E-state index in [4.69, 9.17) is 4.52 Å². The molecule has 0 saturated heterocycles. The molecule has 3 heterocycles. The van der Waals surface area contributed by atoms with Crippen LogP contribution in [0.15, 0.2) is 45.4 Å². The van der Waals surface area contributed by atoms with Crippen molar-refractivity contribution in [1.29, 1.82) is 0 Å². The molecule has 132 valence electrons. The third-order valence-electron chi connectivity index (χ3n) is 3.83. The molecule has 0 saturated carbocycles. The number of thioether (sulfide) groups is 1. The van der Waals surface area contributed by atoms with Crippen molar-refractivity contribution in [2.75, 3.05) is 0 Å². The predicted molar refractivity (Wildman–Crippen MR) is 101 cm³/mol. The molecule has 0 bridgehead atoms. The van der Waals surface area contributed by atoms with Crippen LogP contribution in [0.3, 0.4) is 0 Å². The van der Waals surface area contributed by atoms with Crippen LogP contribution in [0.4, 0.5) is 0 Å². The maximum atomic E-state index is 5.43. The normalized spacial score (nSPS) is 12.4. The van der Waals surface area contributed by atoms with Crippen LogP contribution < -0.4 is 0 Å². The van der Waals surface area contributed by atoms with Crippen molar-refractivity contribution in [3.8, 4) is 16.4 Å². The Labute approximate surface area is 158 Å². The highest BCUT2D eigenvalue weighted by atomic mass is 32.2. The predicted octanol–water partition coefficient (Wildman–Crippen LogP) is 4.24. The first-order valence-corrected chi connectivity index (χ1v) is 9.78. The van der Waals surface area contributed by atoms with Gasteiger partial charge in [-0.1, -0.05) is 40.7 Å². The lowest BCUT2D eigenvalue weighted by Crippen LogP contribution is -2.02. The SMILES string of the molecule is Cc1ccc(-n2nnnc2SC(C)c2nc(-c3cccs3)no2)c(C)c1. The highest BCUT2D eigenvalue weighted by molar-refractivity contribution is 7.99. The van der Waals surface area contributed by atoms with E-state index in [1.54, 1.807) is 16.0 Å². The molecule has 0 spiro atoms. The number of hydrogen-bond donors (Lipinski definition) is 0. The summed E-state index contributed by atoms with van der Waals surface area (Å²) in [7, 11) is 0. The Balaban J connectivity index is 1.58. The summed E-state index contributed by atoms with van der Waals surface area (Å²) in [5.41, 5.74) is 3.28. The van der Waals surface area contributed by atoms with E-state index in [-0.39, 0.29) is 5.25 Å². The van der Waals surface area contributed by atoms with Crippen LogP contribution in [-0.4, -0.2) is 30.3 Å². The van der Waals surface area contributed by atoms with Crippen molar-refractivity contribution >= 4 is 23.1 Å². The van der Waals surface area contributed by atoms with E-state index in [0.29, 0.717) is 16.9 Å². The van der Waals surface area contributed by atoms with Gasteiger partial charge in [-0.2, -0.15) is 9.67 Å². The molecule has 0 aliphatic heterocycles. The van der Waals surface area contributed by atoms with Gasteiger partial charge in [0.25, 0.3) is 0 Å². The fourth-order valence-corrected chi connectivity index (χ4v) is 4.04. The summed E-state index contributed by atoms with van der Waals surface area (Å²) in [5.74, 6) is 1.16. The molecule has 0 radical (unpaired) electrons. The highest BCUT2D eigenvalue weighted by Crippen LogP contribution is 2.34. The Bertz CT molecular complexity index is 1020. The zero-order chi connectivity index (χ0) is 18.1. The molecular weight excluding hydrogens is 368 g/mol. The Kier molecular flexibility index (Phi) is 4.56. The highest BCUT2D eigenvalue weighted by Gasteiger charge is 2.21. The largest absolute Gasteiger partial charge is 0.338 e. The van der Waals surface area contributed by atoms with E-state index in [9.17, 15) is 0 Å². The number of aryl methyl sites for hydroxylation is 2. The van der Waals surface area contributed by atoms with Gasteiger partial charge < -0.3 is 4.52 Å². The van der Waals surface area contributed by atoms with Gasteiger partial charge in [-0.05, 0) is 54.3 Å². The fraction of sp³-hybridized carbons (Fsp3) is 0.235. The van der Waals surface area contributed by atoms with E-state index in [1.807, 2.05) is 43.5 Å². The smallest absolute Gasteiger partial charge is 0.240 e. The quantitative estimate of drug-likeness (QED) is 0.476. The van der Waals surface area contributed by atoms with E-state index in [1.165, 1.54) is 17.3 Å². The Morgan fingerprint density at radius 1 is 1.23 bits per heavy atom. The summed E-state index contributed by atoms with van der Waals surface area (Å²) < 4.78 is 7.17. The van der Waals surface area contributed by atoms with Gasteiger partial charge in [0.15, 0.2) is 0 Å². The number of thiophene rings is 1. The third kappa shape index (κ3) is 3.27. The van der Waals surface area contributed by atoms with Crippen LogP contribution >= 0.6 is 23.1 Å². The number of aromatic nitrogens is 6. The second-order valence-corrected chi connectivity index (χ2v) is 8.11. The molecule has 3 aromatic heterocycles. The fourth-order valence-electron chi connectivity index (χ4n) is 2.56. The summed E-state index contributed by atoms with van der Waals surface area (Å²) in [6, 6.07) is 10.1. The van der Waals surface area contributed by atoms with Crippen molar-refractivity contribution in [3.63, 3.8) is 0 Å². The third-order valence-corrected chi connectivity index (χ3v) is 5.72. The van der Waals surface area contributed by atoms with Crippen LogP contribution in [0.5, 0.6) is 0 Å². The lowest BCUT2D eigenvalue weighted by Gasteiger charge is -2.09. The van der Waals surface area contributed by atoms with Gasteiger partial charge in [0, 0.05) is 0 Å². The van der Waals surface area contributed by atoms with E-state index in [2.05, 4.69) is 38.7 Å². The number of nitrogens with zero attached hydrogens (tertiary/aromatic N) is 6. The van der Waals surface area contributed by atoms with E-state index in [0.717, 1.165) is 16.1 Å². The first-order chi connectivity index (χ1) is 12.6. The van der Waals surface area contributed by atoms with Crippen molar-refractivity contribution in [1.82, 2.24) is 30.3 Å². The van der Waals surface area contributed by atoms with Crippen LogP contribution in [0.25, 0.3) is 16.4 Å². The molecule has 0 N–H and O–H groups in total. The summed E-state index contributed by atoms with van der Waals surface area (Å²) in [6.45, 7) is 6.11. The van der Waals surface area contributed by atoms with Gasteiger partial charge in [0.05, 0.1) is 15.8 Å². The Morgan fingerprint density at radius 3 is 2.88 bits per heavy atom. The molecule has 0 aliphatic carbocycles. The number of rotatable bonds is 5. The molecule has 4 aromatic rings. The molecule has 26 heavy (non-hydrogen) atoms. The second kappa shape index (κ2) is 7.00. The summed E-state index contributed by atoms with van der Waals surface area (Å²) >= 11 is 3.06. The van der Waals surface area contributed by atoms with Crippen molar-refractivity contribution in [2.45, 2.75) is 31.2 Å². The molecule has 1 aromatic carbocycles. The van der Waals surface area contributed by atoms with Gasteiger partial charge in [-0.15, -0.1) is 16.4 Å². The van der Waals surface area contributed by atoms with Gasteiger partial charge in [0.1, 0.15) is 0 Å². The molecule has 1 unspecified atom stereocenters. The van der Waals surface area contributed by atoms with Crippen LogP contribution in [0, 0.1) is 13.8 Å². The standard InChI is InChI=1S/C17H16N6OS2/c1-10-6-7-13(11(2)9-10)23-17(19-21-22-23)26-12(3)16-18-15(20-24-16)14-5-4-8-25-14/h4-9,12H,1-3H3. The molecule has 0 fully saturated rings. The van der Waals surface area contributed by atoms with Gasteiger partial charge in [0.2, 0.25) is 16.9 Å². The Hall–Kier alpha value is -2.52. The molecular formula is C17H16N6OS2. The van der Waals surface area contributed by atoms with Crippen molar-refractivity contribution < 1.29 is 4.52 Å². The maximum absolute atomic E-state index is 5.43. The first-order valence-electron chi connectivity index (χ1n) is 8.02. The second-order valence-electron chi connectivity index (χ2n) is 5.86. The molecule has 9 heteroatoms. The minimum atomic E-state index is -0.0771. The molecule has 0 amide bonds. The number of hydrogen-bond acceptors (Lipinski definition) is 8. The number of benzene rings is 1. The van der Waals surface area contributed by atoms with Gasteiger partial charge in [-0.3, -0.25) is 0 Å². The minimum Gasteiger partial charge on any atom is -0.338 e. The topological polar surface area (TPSA) is 82.5 Å². The zero-order valence-corrected chi connectivity index (χ0v) is 16.1. The Morgan fingerprint density at radius 2 is 2.12 bits per heavy atom.